The average Bonchev–Trinajstić information content (AvgIpc) is 3.20. The first-order valence-electron chi connectivity index (χ1n) is 7.69. The van der Waals surface area contributed by atoms with E-state index in [1.165, 1.54) is 4.41 Å². The molecule has 0 amide bonds. The number of fused-ring (bicyclic) bond motifs is 1. The molecule has 0 radical (unpaired) electrons. The monoisotopic (exact) mass is 356 g/mol. The van der Waals surface area contributed by atoms with E-state index in [-0.39, 0.29) is 0 Å². The maximum Gasteiger partial charge on any atom is 0.247 e. The molecule has 25 heavy (non-hydrogen) atoms. The van der Waals surface area contributed by atoms with Gasteiger partial charge in [0.1, 0.15) is 0 Å². The smallest absolute Gasteiger partial charge is 0.247 e. The van der Waals surface area contributed by atoms with Crippen molar-refractivity contribution < 1.29 is 8.42 Å². The van der Waals surface area contributed by atoms with Gasteiger partial charge in [-0.15, -0.1) is 0 Å². The highest BCUT2D eigenvalue weighted by atomic mass is 32.2. The zero-order valence-corrected chi connectivity index (χ0v) is 14.6. The molecule has 0 spiro atoms. The minimum absolute atomic E-state index is 0.411. The Kier molecular flexibility index (Phi) is 3.53. The summed E-state index contributed by atoms with van der Waals surface area (Å²) in [5.41, 5.74) is 3.82. The van der Waals surface area contributed by atoms with Crippen LogP contribution in [-0.2, 0) is 17.1 Å². The lowest BCUT2D eigenvalue weighted by Crippen LogP contribution is -2.25. The van der Waals surface area contributed by atoms with Crippen molar-refractivity contribution in [3.63, 3.8) is 0 Å². The first-order chi connectivity index (χ1) is 11.9. The molecule has 128 valence electrons. The number of aromatic nitrogens is 4. The number of benzene rings is 1. The van der Waals surface area contributed by atoms with Gasteiger partial charge < -0.3 is 0 Å². The summed E-state index contributed by atoms with van der Waals surface area (Å²) < 4.78 is 27.4. The molecule has 1 aliphatic heterocycles. The van der Waals surface area contributed by atoms with Crippen LogP contribution in [0.25, 0.3) is 11.0 Å². The van der Waals surface area contributed by atoms with Gasteiger partial charge in [-0.25, -0.2) is 8.42 Å². The first-order valence-corrected chi connectivity index (χ1v) is 9.54. The van der Waals surface area contributed by atoms with Crippen LogP contribution in [0.5, 0.6) is 0 Å². The Labute approximate surface area is 144 Å². The SMILES string of the molecule is Cn1nccc1C1=NN(S(C)(=O)=O)[C@@H](c2ccc3nccnc3c2)C1. The highest BCUT2D eigenvalue weighted by Crippen LogP contribution is 2.35. The number of hydrogen-bond donors (Lipinski definition) is 0. The van der Waals surface area contributed by atoms with Crippen LogP contribution in [0.4, 0.5) is 0 Å². The van der Waals surface area contributed by atoms with Gasteiger partial charge in [-0.3, -0.25) is 14.6 Å². The van der Waals surface area contributed by atoms with Gasteiger partial charge in [-0.1, -0.05) is 6.07 Å². The molecule has 0 N–H and O–H groups in total. The van der Waals surface area contributed by atoms with Crippen molar-refractivity contribution in [1.29, 1.82) is 0 Å². The van der Waals surface area contributed by atoms with E-state index in [0.717, 1.165) is 28.5 Å². The third-order valence-electron chi connectivity index (χ3n) is 4.21. The third-order valence-corrected chi connectivity index (χ3v) is 5.22. The van der Waals surface area contributed by atoms with E-state index in [0.29, 0.717) is 12.1 Å². The largest absolute Gasteiger partial charge is 0.267 e. The topological polar surface area (TPSA) is 93.3 Å². The van der Waals surface area contributed by atoms with Gasteiger partial charge in [0.05, 0.1) is 34.7 Å². The number of sulfonamides is 1. The van der Waals surface area contributed by atoms with Gasteiger partial charge in [0.25, 0.3) is 0 Å². The minimum Gasteiger partial charge on any atom is -0.267 e. The second kappa shape index (κ2) is 5.62. The summed E-state index contributed by atoms with van der Waals surface area (Å²) >= 11 is 0. The maximum absolute atomic E-state index is 12.2. The summed E-state index contributed by atoms with van der Waals surface area (Å²) in [4.78, 5) is 8.55. The first kappa shape index (κ1) is 15.7. The van der Waals surface area contributed by atoms with Gasteiger partial charge in [-0.2, -0.15) is 14.6 Å². The molecule has 0 unspecified atom stereocenters. The quantitative estimate of drug-likeness (QED) is 0.708. The molecule has 1 aliphatic rings. The van der Waals surface area contributed by atoms with E-state index in [1.54, 1.807) is 23.3 Å². The predicted octanol–water partition coefficient (Wildman–Crippen LogP) is 1.47. The molecule has 1 aromatic carbocycles. The normalized spacial score (nSPS) is 17.9. The number of nitrogens with zero attached hydrogens (tertiary/aromatic N) is 6. The molecule has 2 aromatic heterocycles. The lowest BCUT2D eigenvalue weighted by atomic mass is 10.0. The van der Waals surface area contributed by atoms with Crippen molar-refractivity contribution >= 4 is 26.8 Å². The fourth-order valence-electron chi connectivity index (χ4n) is 3.04. The molecular weight excluding hydrogens is 340 g/mol. The summed E-state index contributed by atoms with van der Waals surface area (Å²) in [6, 6.07) is 7.01. The van der Waals surface area contributed by atoms with Crippen LogP contribution in [0.2, 0.25) is 0 Å². The minimum atomic E-state index is -3.51. The summed E-state index contributed by atoms with van der Waals surface area (Å²) in [6.07, 6.45) is 6.55. The molecular formula is C16H16N6O2S. The Balaban J connectivity index is 1.79. The van der Waals surface area contributed by atoms with Gasteiger partial charge in [0, 0.05) is 32.1 Å². The predicted molar refractivity (Wildman–Crippen MR) is 93.3 cm³/mol. The zero-order chi connectivity index (χ0) is 17.6. The van der Waals surface area contributed by atoms with Crippen LogP contribution >= 0.6 is 0 Å². The maximum atomic E-state index is 12.2. The second-order valence-electron chi connectivity index (χ2n) is 5.95. The standard InChI is InChI=1S/C16H16N6O2S/c1-21-15(5-6-19-21)14-10-16(22(20-14)25(2,23)24)11-3-4-12-13(9-11)18-8-7-17-12/h3-9,16H,10H2,1-2H3/t16-/m1/s1. The van der Waals surface area contributed by atoms with E-state index < -0.39 is 16.1 Å². The van der Waals surface area contributed by atoms with Gasteiger partial charge in [0.15, 0.2) is 0 Å². The number of hydrogen-bond acceptors (Lipinski definition) is 6. The highest BCUT2D eigenvalue weighted by molar-refractivity contribution is 7.88. The van der Waals surface area contributed by atoms with Crippen LogP contribution in [0, 0.1) is 0 Å². The number of aryl methyl sites for hydroxylation is 1. The number of rotatable bonds is 3. The van der Waals surface area contributed by atoms with Gasteiger partial charge in [-0.05, 0) is 23.8 Å². The second-order valence-corrected chi connectivity index (χ2v) is 7.79. The molecule has 3 aromatic rings. The average molecular weight is 356 g/mol. The van der Waals surface area contributed by atoms with E-state index in [4.69, 9.17) is 0 Å². The fraction of sp³-hybridized carbons (Fsp3) is 0.250. The van der Waals surface area contributed by atoms with Crippen molar-refractivity contribution in [3.8, 4) is 0 Å². The fourth-order valence-corrected chi connectivity index (χ4v) is 3.95. The summed E-state index contributed by atoms with van der Waals surface area (Å²) in [5, 5.41) is 8.50. The Hall–Kier alpha value is -2.81. The van der Waals surface area contributed by atoms with Crippen LogP contribution in [0.15, 0.2) is 48.0 Å². The van der Waals surface area contributed by atoms with E-state index >= 15 is 0 Å². The molecule has 4 rings (SSSR count). The van der Waals surface area contributed by atoms with Crippen molar-refractivity contribution in [1.82, 2.24) is 24.2 Å². The summed E-state index contributed by atoms with van der Waals surface area (Å²) in [5.74, 6) is 0. The molecule has 1 atom stereocenters. The van der Waals surface area contributed by atoms with Crippen molar-refractivity contribution in [2.45, 2.75) is 12.5 Å². The highest BCUT2D eigenvalue weighted by Gasteiger charge is 2.35. The van der Waals surface area contributed by atoms with Gasteiger partial charge in [0.2, 0.25) is 10.0 Å². The molecule has 3 heterocycles. The van der Waals surface area contributed by atoms with Crippen molar-refractivity contribution in [2.24, 2.45) is 12.1 Å². The summed E-state index contributed by atoms with van der Waals surface area (Å²) in [6.45, 7) is 0. The van der Waals surface area contributed by atoms with Crippen LogP contribution in [-0.4, -0.2) is 44.5 Å². The zero-order valence-electron chi connectivity index (χ0n) is 13.7. The molecule has 0 saturated carbocycles. The number of hydrazone groups is 1. The molecule has 0 bridgehead atoms. The Morgan fingerprint density at radius 3 is 2.52 bits per heavy atom. The van der Waals surface area contributed by atoms with Crippen LogP contribution in [0.1, 0.15) is 23.7 Å². The molecule has 9 heteroatoms. The molecule has 0 aliphatic carbocycles. The van der Waals surface area contributed by atoms with E-state index in [9.17, 15) is 8.42 Å². The van der Waals surface area contributed by atoms with E-state index in [2.05, 4.69) is 20.2 Å². The third kappa shape index (κ3) is 2.76. The van der Waals surface area contributed by atoms with Gasteiger partial charge >= 0.3 is 0 Å². The molecule has 8 nitrogen and oxygen atoms in total. The van der Waals surface area contributed by atoms with Crippen molar-refractivity contribution in [3.05, 3.63) is 54.1 Å². The van der Waals surface area contributed by atoms with Crippen molar-refractivity contribution in [2.75, 3.05) is 6.26 Å². The Morgan fingerprint density at radius 2 is 1.84 bits per heavy atom. The Bertz CT molecular complexity index is 1090. The van der Waals surface area contributed by atoms with Crippen LogP contribution < -0.4 is 0 Å². The lowest BCUT2D eigenvalue weighted by molar-refractivity contribution is 0.375. The lowest BCUT2D eigenvalue weighted by Gasteiger charge is -2.21. The van der Waals surface area contributed by atoms with E-state index in [1.807, 2.05) is 31.3 Å². The molecule has 0 fully saturated rings. The van der Waals surface area contributed by atoms with Crippen LogP contribution in [0.3, 0.4) is 0 Å². The molecule has 0 saturated heterocycles. The summed E-state index contributed by atoms with van der Waals surface area (Å²) in [7, 11) is -1.70. The Morgan fingerprint density at radius 1 is 1.08 bits per heavy atom.